The molecular formula is C19H38N4O9. The van der Waals surface area contributed by atoms with Crippen LogP contribution in [0.4, 0.5) is 0 Å². The van der Waals surface area contributed by atoms with Gasteiger partial charge in [-0.3, -0.25) is 0 Å². The van der Waals surface area contributed by atoms with E-state index in [-0.39, 0.29) is 6.10 Å². The predicted molar refractivity (Wildman–Crippen MR) is 110 cm³/mol. The van der Waals surface area contributed by atoms with E-state index in [1.165, 1.54) is 0 Å². The average molecular weight is 467 g/mol. The number of ether oxygens (including phenoxy) is 4. The zero-order valence-corrected chi connectivity index (χ0v) is 18.1. The Hall–Kier alpha value is -0.520. The summed E-state index contributed by atoms with van der Waals surface area (Å²) in [7, 11) is 0. The van der Waals surface area contributed by atoms with Crippen LogP contribution in [0, 0.1) is 0 Å². The van der Waals surface area contributed by atoms with Crippen LogP contribution in [0.3, 0.4) is 0 Å². The monoisotopic (exact) mass is 466 g/mol. The standard InChI is InChI=1S/C19H38N4O9/c1-2-6-3-4-7(20)18(29-6)31-16-10(22)13(26)11(23)17(15(16)28)32-19-14(27)9(21)12(25)8(5-24)30-19/h6-19,24-28H,2-5,20-23H2,1H3/t6?,7?,8?,9-,10-,11+,12+,13?,14?,15?,16?,17-,18+,19+/m0/s1. The maximum atomic E-state index is 11.0. The lowest BCUT2D eigenvalue weighted by Crippen LogP contribution is -2.72. The van der Waals surface area contributed by atoms with Crippen molar-refractivity contribution in [2.75, 3.05) is 6.61 Å². The summed E-state index contributed by atoms with van der Waals surface area (Å²) in [6.07, 6.45) is -9.24. The number of aliphatic hydroxyl groups is 5. The molecule has 14 atom stereocenters. The van der Waals surface area contributed by atoms with Crippen LogP contribution in [-0.4, -0.2) is 118 Å². The fourth-order valence-electron chi connectivity index (χ4n) is 4.47. The highest BCUT2D eigenvalue weighted by Gasteiger charge is 2.53. The highest BCUT2D eigenvalue weighted by molar-refractivity contribution is 5.05. The molecule has 3 aliphatic rings. The van der Waals surface area contributed by atoms with Crippen LogP contribution in [0.15, 0.2) is 0 Å². The summed E-state index contributed by atoms with van der Waals surface area (Å²) in [4.78, 5) is 0. The topological polar surface area (TPSA) is 242 Å². The van der Waals surface area contributed by atoms with Gasteiger partial charge >= 0.3 is 0 Å². The van der Waals surface area contributed by atoms with Crippen LogP contribution in [0.1, 0.15) is 26.2 Å². The van der Waals surface area contributed by atoms with Gasteiger partial charge in [0.05, 0.1) is 43.0 Å². The smallest absolute Gasteiger partial charge is 0.186 e. The molecule has 0 bridgehead atoms. The second kappa shape index (κ2) is 10.8. The van der Waals surface area contributed by atoms with Crippen LogP contribution < -0.4 is 22.9 Å². The van der Waals surface area contributed by atoms with Crippen molar-refractivity contribution in [3.05, 3.63) is 0 Å². The number of aliphatic hydroxyl groups excluding tert-OH is 5. The van der Waals surface area contributed by atoms with Crippen molar-refractivity contribution < 1.29 is 44.5 Å². The number of rotatable bonds is 6. The van der Waals surface area contributed by atoms with Crippen molar-refractivity contribution in [2.24, 2.45) is 22.9 Å². The van der Waals surface area contributed by atoms with Gasteiger partial charge in [0.2, 0.25) is 0 Å². The van der Waals surface area contributed by atoms with Gasteiger partial charge in [-0.2, -0.15) is 0 Å². The Morgan fingerprint density at radius 2 is 1.34 bits per heavy atom. The third-order valence-corrected chi connectivity index (χ3v) is 6.69. The van der Waals surface area contributed by atoms with E-state index < -0.39 is 86.1 Å². The third-order valence-electron chi connectivity index (χ3n) is 6.69. The Kier molecular flexibility index (Phi) is 8.82. The SMILES string of the molecule is CCC1CCC(N)[C@@H](OC2C(O)[C@@H](O[C@H]3OC(CO)[C@@H](O)[C@H](N)C3O)[C@H](N)C(O)[C@@H]2N)O1. The summed E-state index contributed by atoms with van der Waals surface area (Å²) in [5.74, 6) is 0. The van der Waals surface area contributed by atoms with E-state index in [2.05, 4.69) is 0 Å². The van der Waals surface area contributed by atoms with Crippen LogP contribution in [0.2, 0.25) is 0 Å². The average Bonchev–Trinajstić information content (AvgIpc) is 2.79. The summed E-state index contributed by atoms with van der Waals surface area (Å²) < 4.78 is 22.9. The number of nitrogens with two attached hydrogens (primary N) is 4. The summed E-state index contributed by atoms with van der Waals surface area (Å²) in [6, 6.07) is -3.85. The molecule has 2 aliphatic heterocycles. The Morgan fingerprint density at radius 1 is 0.750 bits per heavy atom. The molecule has 2 saturated heterocycles. The zero-order chi connectivity index (χ0) is 23.7. The first-order chi connectivity index (χ1) is 15.1. The van der Waals surface area contributed by atoms with Gasteiger partial charge in [0, 0.05) is 0 Å². The zero-order valence-electron chi connectivity index (χ0n) is 18.1. The molecular weight excluding hydrogens is 428 g/mol. The van der Waals surface area contributed by atoms with Gasteiger partial charge in [-0.05, 0) is 19.3 Å². The minimum absolute atomic E-state index is 0.0508. The Labute approximate surface area is 186 Å². The fraction of sp³-hybridized carbons (Fsp3) is 1.00. The van der Waals surface area contributed by atoms with Gasteiger partial charge in [-0.1, -0.05) is 6.92 Å². The minimum atomic E-state index is -1.49. The summed E-state index contributed by atoms with van der Waals surface area (Å²) in [6.45, 7) is 1.40. The molecule has 13 heteroatoms. The van der Waals surface area contributed by atoms with Gasteiger partial charge < -0.3 is 67.4 Å². The Bertz CT molecular complexity index is 605. The highest BCUT2D eigenvalue weighted by atomic mass is 16.7. The molecule has 1 saturated carbocycles. The van der Waals surface area contributed by atoms with Crippen LogP contribution >= 0.6 is 0 Å². The summed E-state index contributed by atoms with van der Waals surface area (Å²) >= 11 is 0. The Morgan fingerprint density at radius 3 is 1.91 bits per heavy atom. The molecule has 0 spiro atoms. The predicted octanol–water partition coefficient (Wildman–Crippen LogP) is -4.84. The van der Waals surface area contributed by atoms with E-state index in [4.69, 9.17) is 41.9 Å². The molecule has 2 heterocycles. The van der Waals surface area contributed by atoms with Gasteiger partial charge in [0.25, 0.3) is 0 Å². The normalized spacial score (nSPS) is 52.7. The molecule has 0 aromatic rings. The lowest BCUT2D eigenvalue weighted by molar-refractivity contribution is -0.318. The number of hydrogen-bond donors (Lipinski definition) is 9. The largest absolute Gasteiger partial charge is 0.394 e. The van der Waals surface area contributed by atoms with E-state index in [0.717, 1.165) is 12.8 Å². The van der Waals surface area contributed by atoms with Crippen molar-refractivity contribution in [3.8, 4) is 0 Å². The molecule has 188 valence electrons. The first-order valence-corrected chi connectivity index (χ1v) is 11.1. The maximum absolute atomic E-state index is 11.0. The van der Waals surface area contributed by atoms with Crippen molar-refractivity contribution in [1.82, 2.24) is 0 Å². The molecule has 0 aromatic carbocycles. The molecule has 32 heavy (non-hydrogen) atoms. The second-order valence-corrected chi connectivity index (χ2v) is 8.90. The summed E-state index contributed by atoms with van der Waals surface area (Å²) in [5.41, 5.74) is 24.1. The molecule has 0 aromatic heterocycles. The van der Waals surface area contributed by atoms with E-state index >= 15 is 0 Å². The molecule has 3 rings (SSSR count). The molecule has 0 radical (unpaired) electrons. The maximum Gasteiger partial charge on any atom is 0.186 e. The van der Waals surface area contributed by atoms with Gasteiger partial charge in [-0.15, -0.1) is 0 Å². The van der Waals surface area contributed by atoms with E-state index in [1.807, 2.05) is 6.92 Å². The van der Waals surface area contributed by atoms with Crippen molar-refractivity contribution in [1.29, 1.82) is 0 Å². The lowest BCUT2D eigenvalue weighted by Gasteiger charge is -2.49. The van der Waals surface area contributed by atoms with Crippen LogP contribution in [-0.2, 0) is 18.9 Å². The molecule has 13 N–H and O–H groups in total. The molecule has 3 fully saturated rings. The summed E-state index contributed by atoms with van der Waals surface area (Å²) in [5, 5.41) is 51.4. The fourth-order valence-corrected chi connectivity index (χ4v) is 4.47. The van der Waals surface area contributed by atoms with E-state index in [1.54, 1.807) is 0 Å². The molecule has 13 nitrogen and oxygen atoms in total. The second-order valence-electron chi connectivity index (χ2n) is 8.90. The Balaban J connectivity index is 1.74. The quantitative estimate of drug-likeness (QED) is 0.178. The van der Waals surface area contributed by atoms with E-state index in [0.29, 0.717) is 6.42 Å². The molecule has 1 aliphatic carbocycles. The van der Waals surface area contributed by atoms with E-state index in [9.17, 15) is 25.5 Å². The lowest BCUT2D eigenvalue weighted by atomic mass is 9.82. The van der Waals surface area contributed by atoms with Crippen LogP contribution in [0.25, 0.3) is 0 Å². The molecule has 7 unspecified atom stereocenters. The first kappa shape index (κ1) is 26.1. The molecule has 0 amide bonds. The van der Waals surface area contributed by atoms with Crippen molar-refractivity contribution >= 4 is 0 Å². The van der Waals surface area contributed by atoms with Gasteiger partial charge in [0.1, 0.15) is 36.6 Å². The van der Waals surface area contributed by atoms with Crippen molar-refractivity contribution in [2.45, 2.75) is 112 Å². The highest BCUT2D eigenvalue weighted by Crippen LogP contribution is 2.31. The number of hydrogen-bond acceptors (Lipinski definition) is 13. The van der Waals surface area contributed by atoms with Crippen LogP contribution in [0.5, 0.6) is 0 Å². The first-order valence-electron chi connectivity index (χ1n) is 11.1. The van der Waals surface area contributed by atoms with Crippen molar-refractivity contribution in [3.63, 3.8) is 0 Å². The minimum Gasteiger partial charge on any atom is -0.394 e. The van der Waals surface area contributed by atoms with Gasteiger partial charge in [0.15, 0.2) is 12.6 Å². The van der Waals surface area contributed by atoms with Gasteiger partial charge in [-0.25, -0.2) is 0 Å². The third kappa shape index (κ3) is 5.10.